The van der Waals surface area contributed by atoms with Crippen molar-refractivity contribution in [2.75, 3.05) is 24.7 Å². The van der Waals surface area contributed by atoms with E-state index in [4.69, 9.17) is 4.74 Å². The van der Waals surface area contributed by atoms with E-state index in [-0.39, 0.29) is 5.91 Å². The first-order valence-corrected chi connectivity index (χ1v) is 10.2. The molecule has 130 valence electrons. The van der Waals surface area contributed by atoms with Gasteiger partial charge in [-0.25, -0.2) is 4.79 Å². The maximum absolute atomic E-state index is 12.5. The third kappa shape index (κ3) is 3.90. The molecule has 2 fully saturated rings. The second-order valence-electron chi connectivity index (χ2n) is 6.00. The maximum Gasteiger partial charge on any atom is 0.329 e. The highest BCUT2D eigenvalue weighted by atomic mass is 32.2. The smallest absolute Gasteiger partial charge is 0.329 e. The molecule has 1 amide bonds. The Balaban J connectivity index is 1.69. The molecule has 0 saturated carbocycles. The van der Waals surface area contributed by atoms with Gasteiger partial charge < -0.3 is 15.2 Å². The van der Waals surface area contributed by atoms with Crippen molar-refractivity contribution >= 4 is 35.4 Å². The molecule has 1 aromatic carbocycles. The number of thioether (sulfide) groups is 2. The van der Waals surface area contributed by atoms with Crippen LogP contribution in [-0.4, -0.2) is 47.2 Å². The summed E-state index contributed by atoms with van der Waals surface area (Å²) in [6, 6.07) is 7.52. The van der Waals surface area contributed by atoms with Gasteiger partial charge in [0, 0.05) is 31.6 Å². The number of carboxylic acid groups (broad SMARTS) is 1. The zero-order chi connectivity index (χ0) is 17.0. The molecular formula is C17H21NO4S2. The quantitative estimate of drug-likeness (QED) is 0.852. The Bertz CT molecular complexity index is 593. The van der Waals surface area contributed by atoms with E-state index in [0.717, 1.165) is 0 Å². The summed E-state index contributed by atoms with van der Waals surface area (Å²) in [6.45, 7) is 0.698. The number of benzene rings is 1. The molecule has 0 spiro atoms. The van der Waals surface area contributed by atoms with E-state index in [2.05, 4.69) is 5.32 Å². The first-order valence-electron chi connectivity index (χ1n) is 8.08. The second-order valence-corrected chi connectivity index (χ2v) is 8.73. The van der Waals surface area contributed by atoms with Crippen LogP contribution in [0.2, 0.25) is 0 Å². The topological polar surface area (TPSA) is 75.6 Å². The van der Waals surface area contributed by atoms with E-state index in [1.54, 1.807) is 12.1 Å². The highest BCUT2D eigenvalue weighted by molar-refractivity contribution is 8.16. The molecule has 3 rings (SSSR count). The first kappa shape index (κ1) is 17.6. The summed E-state index contributed by atoms with van der Waals surface area (Å²) in [4.78, 5) is 24.1. The van der Waals surface area contributed by atoms with Gasteiger partial charge in [0.2, 0.25) is 0 Å². The monoisotopic (exact) mass is 367 g/mol. The van der Waals surface area contributed by atoms with Gasteiger partial charge in [-0.15, -0.1) is 23.5 Å². The summed E-state index contributed by atoms with van der Waals surface area (Å²) in [7, 11) is 0. The fourth-order valence-electron chi connectivity index (χ4n) is 2.87. The Morgan fingerprint density at radius 3 is 2.33 bits per heavy atom. The van der Waals surface area contributed by atoms with E-state index < -0.39 is 11.5 Å². The van der Waals surface area contributed by atoms with Crippen molar-refractivity contribution in [1.82, 2.24) is 5.32 Å². The molecule has 2 N–H and O–H groups in total. The van der Waals surface area contributed by atoms with E-state index in [9.17, 15) is 14.7 Å². The molecule has 0 atom stereocenters. The summed E-state index contributed by atoms with van der Waals surface area (Å²) >= 11 is 3.87. The third-order valence-corrected chi connectivity index (χ3v) is 7.40. The van der Waals surface area contributed by atoms with Crippen LogP contribution >= 0.6 is 23.5 Å². The summed E-state index contributed by atoms with van der Waals surface area (Å²) in [5.41, 5.74) is 0.486. The molecular weight excluding hydrogens is 346 g/mol. The number of aliphatic carboxylic acids is 1. The Hall–Kier alpha value is -1.18. The first-order chi connectivity index (χ1) is 11.6. The molecule has 7 heteroatoms. The van der Waals surface area contributed by atoms with Crippen LogP contribution in [-0.2, 0) is 9.53 Å². The van der Waals surface area contributed by atoms with Crippen molar-refractivity contribution in [3.05, 3.63) is 35.4 Å². The second kappa shape index (κ2) is 7.80. The molecule has 2 aliphatic rings. The van der Waals surface area contributed by atoms with E-state index in [1.807, 2.05) is 35.7 Å². The van der Waals surface area contributed by atoms with Gasteiger partial charge in [-0.3, -0.25) is 4.79 Å². The summed E-state index contributed by atoms with van der Waals surface area (Å²) in [6.07, 6.45) is 1.83. The lowest BCUT2D eigenvalue weighted by Crippen LogP contribution is -2.57. The minimum absolute atomic E-state index is 0.293. The van der Waals surface area contributed by atoms with Crippen molar-refractivity contribution in [1.29, 1.82) is 0 Å². The zero-order valence-corrected chi connectivity index (χ0v) is 15.0. The van der Waals surface area contributed by atoms with Crippen LogP contribution in [0, 0.1) is 0 Å². The molecule has 0 aromatic heterocycles. The van der Waals surface area contributed by atoms with Crippen LogP contribution < -0.4 is 5.32 Å². The number of hydrogen-bond acceptors (Lipinski definition) is 5. The highest BCUT2D eigenvalue weighted by Crippen LogP contribution is 2.43. The molecule has 24 heavy (non-hydrogen) atoms. The number of hydrogen-bond donors (Lipinski definition) is 2. The normalized spacial score (nSPS) is 21.2. The molecule has 0 bridgehead atoms. The fourth-order valence-corrected chi connectivity index (χ4v) is 5.77. The molecule has 2 heterocycles. The number of nitrogens with one attached hydrogen (secondary N) is 1. The Kier molecular flexibility index (Phi) is 5.73. The predicted molar refractivity (Wildman–Crippen MR) is 96.6 cm³/mol. The zero-order valence-electron chi connectivity index (χ0n) is 13.3. The Morgan fingerprint density at radius 1 is 1.12 bits per heavy atom. The molecule has 1 aromatic rings. The molecule has 5 nitrogen and oxygen atoms in total. The van der Waals surface area contributed by atoms with Crippen LogP contribution in [0.5, 0.6) is 0 Å². The van der Waals surface area contributed by atoms with Gasteiger partial charge in [0.15, 0.2) is 0 Å². The van der Waals surface area contributed by atoms with Gasteiger partial charge in [0.05, 0.1) is 4.58 Å². The van der Waals surface area contributed by atoms with Crippen LogP contribution in [0.25, 0.3) is 0 Å². The van der Waals surface area contributed by atoms with Crippen molar-refractivity contribution in [2.24, 2.45) is 0 Å². The van der Waals surface area contributed by atoms with Crippen molar-refractivity contribution in [3.63, 3.8) is 0 Å². The largest absolute Gasteiger partial charge is 0.480 e. The van der Waals surface area contributed by atoms with Crippen molar-refractivity contribution in [2.45, 2.75) is 29.4 Å². The van der Waals surface area contributed by atoms with Gasteiger partial charge >= 0.3 is 5.97 Å². The predicted octanol–water partition coefficient (Wildman–Crippen LogP) is 2.92. The maximum atomic E-state index is 12.5. The van der Waals surface area contributed by atoms with Gasteiger partial charge in [-0.05, 0) is 35.6 Å². The van der Waals surface area contributed by atoms with Crippen molar-refractivity contribution < 1.29 is 19.4 Å². The van der Waals surface area contributed by atoms with Gasteiger partial charge in [-0.2, -0.15) is 0 Å². The average Bonchev–Trinajstić information content (AvgIpc) is 2.63. The lowest BCUT2D eigenvalue weighted by Gasteiger charge is -2.33. The van der Waals surface area contributed by atoms with Gasteiger partial charge in [-0.1, -0.05) is 12.1 Å². The third-order valence-electron chi connectivity index (χ3n) is 4.38. The molecule has 2 saturated heterocycles. The molecule has 0 aliphatic carbocycles. The number of carbonyl (C=O) groups is 2. The van der Waals surface area contributed by atoms with Crippen molar-refractivity contribution in [3.8, 4) is 0 Å². The fraction of sp³-hybridized carbons (Fsp3) is 0.529. The summed E-state index contributed by atoms with van der Waals surface area (Å²) < 4.78 is 5.65. The van der Waals surface area contributed by atoms with Gasteiger partial charge in [0.25, 0.3) is 5.91 Å². The molecule has 2 aliphatic heterocycles. The number of carboxylic acids is 1. The Morgan fingerprint density at radius 2 is 1.75 bits per heavy atom. The summed E-state index contributed by atoms with van der Waals surface area (Å²) in [5.74, 6) is 1.01. The number of amides is 1. The molecule has 0 unspecified atom stereocenters. The van der Waals surface area contributed by atoms with E-state index in [0.29, 0.717) is 36.2 Å². The minimum atomic E-state index is -1.22. The van der Waals surface area contributed by atoms with E-state index >= 15 is 0 Å². The Labute approximate surface area is 149 Å². The lowest BCUT2D eigenvalue weighted by molar-refractivity contribution is -0.148. The number of rotatable bonds is 4. The van der Waals surface area contributed by atoms with Gasteiger partial charge in [0.1, 0.15) is 5.54 Å². The minimum Gasteiger partial charge on any atom is -0.480 e. The van der Waals surface area contributed by atoms with E-state index in [1.165, 1.54) is 23.5 Å². The summed E-state index contributed by atoms with van der Waals surface area (Å²) in [5, 5.41) is 12.2. The average molecular weight is 367 g/mol. The lowest BCUT2D eigenvalue weighted by atomic mass is 9.89. The van der Waals surface area contributed by atoms with Crippen LogP contribution in [0.4, 0.5) is 0 Å². The number of carbonyl (C=O) groups excluding carboxylic acids is 1. The van der Waals surface area contributed by atoms with Crippen LogP contribution in [0.15, 0.2) is 24.3 Å². The van der Waals surface area contributed by atoms with Crippen LogP contribution in [0.3, 0.4) is 0 Å². The standard InChI is InChI=1S/C17H21NO4S2/c19-14(18-17(16(20)21)6-8-22-9-7-17)12-2-4-13(5-3-12)15-23-10-1-11-24-15/h2-5,15H,1,6-11H2,(H,18,19)(H,20,21). The SMILES string of the molecule is O=C(NC1(C(=O)O)CCOCC1)c1ccc(C2SCCCS2)cc1. The molecule has 0 radical (unpaired) electrons. The highest BCUT2D eigenvalue weighted by Gasteiger charge is 2.41. The number of ether oxygens (including phenoxy) is 1. The van der Waals surface area contributed by atoms with Crippen LogP contribution in [0.1, 0.15) is 39.8 Å².